The van der Waals surface area contributed by atoms with Gasteiger partial charge < -0.3 is 9.84 Å². The van der Waals surface area contributed by atoms with Gasteiger partial charge in [-0.1, -0.05) is 19.1 Å². The van der Waals surface area contributed by atoms with Gasteiger partial charge in [-0.2, -0.15) is 0 Å². The molecule has 7 nitrogen and oxygen atoms in total. The lowest BCUT2D eigenvalue weighted by atomic mass is 10.1. The number of carbonyl (C=O) groups is 1. The van der Waals surface area contributed by atoms with Crippen LogP contribution in [0.3, 0.4) is 0 Å². The van der Waals surface area contributed by atoms with Crippen LogP contribution in [0.1, 0.15) is 47.3 Å². The molecule has 112 valence electrons. The maximum absolute atomic E-state index is 11.2. The summed E-state index contributed by atoms with van der Waals surface area (Å²) in [4.78, 5) is 15.6. The first-order valence-corrected chi connectivity index (χ1v) is 6.60. The molecule has 7 heteroatoms. The molecule has 21 heavy (non-hydrogen) atoms. The standard InChI is InChI=1S/C14H18N4O3/c1-8(2)13-12(14(19)20)16-17-18(13)7-10-6-11(21-4)5-9(3)15-10/h5-6,8H,7H2,1-4H3,(H,19,20). The van der Waals surface area contributed by atoms with E-state index in [1.165, 1.54) is 0 Å². The lowest BCUT2D eigenvalue weighted by molar-refractivity contribution is 0.0688. The number of aryl methyl sites for hydroxylation is 1. The highest BCUT2D eigenvalue weighted by atomic mass is 16.5. The highest BCUT2D eigenvalue weighted by Crippen LogP contribution is 2.20. The van der Waals surface area contributed by atoms with Crippen LogP contribution < -0.4 is 4.74 Å². The summed E-state index contributed by atoms with van der Waals surface area (Å²) >= 11 is 0. The zero-order valence-corrected chi connectivity index (χ0v) is 12.5. The van der Waals surface area contributed by atoms with Gasteiger partial charge in [-0.25, -0.2) is 9.48 Å². The fourth-order valence-electron chi connectivity index (χ4n) is 2.22. The maximum Gasteiger partial charge on any atom is 0.358 e. The summed E-state index contributed by atoms with van der Waals surface area (Å²) in [5.41, 5.74) is 2.15. The third kappa shape index (κ3) is 3.18. The van der Waals surface area contributed by atoms with Gasteiger partial charge in [0.1, 0.15) is 5.75 Å². The number of methoxy groups -OCH3 is 1. The molecular formula is C14H18N4O3. The molecule has 0 unspecified atom stereocenters. The number of carboxylic acids is 1. The van der Waals surface area contributed by atoms with Crippen LogP contribution in [-0.2, 0) is 6.54 Å². The van der Waals surface area contributed by atoms with Crippen molar-refractivity contribution in [3.63, 3.8) is 0 Å². The van der Waals surface area contributed by atoms with Crippen molar-refractivity contribution in [3.05, 3.63) is 34.9 Å². The minimum atomic E-state index is -1.07. The number of hydrogen-bond donors (Lipinski definition) is 1. The monoisotopic (exact) mass is 290 g/mol. The molecule has 2 aromatic heterocycles. The molecule has 0 aliphatic heterocycles. The number of carboxylic acid groups (broad SMARTS) is 1. The zero-order valence-electron chi connectivity index (χ0n) is 12.5. The largest absolute Gasteiger partial charge is 0.497 e. The Bertz CT molecular complexity index is 664. The average molecular weight is 290 g/mol. The van der Waals surface area contributed by atoms with Gasteiger partial charge in [-0.15, -0.1) is 5.10 Å². The van der Waals surface area contributed by atoms with E-state index in [2.05, 4.69) is 15.3 Å². The van der Waals surface area contributed by atoms with Gasteiger partial charge in [0.15, 0.2) is 5.69 Å². The summed E-state index contributed by atoms with van der Waals surface area (Å²) in [7, 11) is 1.59. The molecule has 0 spiro atoms. The average Bonchev–Trinajstić information content (AvgIpc) is 2.81. The number of ether oxygens (including phenoxy) is 1. The molecule has 1 N–H and O–H groups in total. The lowest BCUT2D eigenvalue weighted by Crippen LogP contribution is -2.12. The molecule has 0 aromatic carbocycles. The number of aromatic carboxylic acids is 1. The molecule has 2 rings (SSSR count). The Hall–Kier alpha value is -2.44. The van der Waals surface area contributed by atoms with E-state index in [0.29, 0.717) is 18.0 Å². The van der Waals surface area contributed by atoms with Crippen molar-refractivity contribution >= 4 is 5.97 Å². The Morgan fingerprint density at radius 1 is 1.43 bits per heavy atom. The van der Waals surface area contributed by atoms with E-state index in [9.17, 15) is 4.79 Å². The van der Waals surface area contributed by atoms with E-state index >= 15 is 0 Å². The maximum atomic E-state index is 11.2. The molecule has 2 aromatic rings. The Morgan fingerprint density at radius 3 is 2.71 bits per heavy atom. The van der Waals surface area contributed by atoms with Crippen LogP contribution in [0.5, 0.6) is 5.75 Å². The summed E-state index contributed by atoms with van der Waals surface area (Å²) in [6.07, 6.45) is 0. The van der Waals surface area contributed by atoms with Crippen molar-refractivity contribution < 1.29 is 14.6 Å². The molecule has 2 heterocycles. The lowest BCUT2D eigenvalue weighted by Gasteiger charge is -2.11. The van der Waals surface area contributed by atoms with Crippen LogP contribution in [0.2, 0.25) is 0 Å². The molecular weight excluding hydrogens is 272 g/mol. The molecule has 0 atom stereocenters. The molecule has 0 aliphatic carbocycles. The summed E-state index contributed by atoms with van der Waals surface area (Å²) in [5, 5.41) is 16.9. The quantitative estimate of drug-likeness (QED) is 0.904. The predicted molar refractivity (Wildman–Crippen MR) is 75.7 cm³/mol. The second-order valence-electron chi connectivity index (χ2n) is 5.08. The van der Waals surface area contributed by atoms with Gasteiger partial charge in [0.2, 0.25) is 0 Å². The van der Waals surface area contributed by atoms with Crippen LogP contribution in [0.4, 0.5) is 0 Å². The van der Waals surface area contributed by atoms with Gasteiger partial charge in [0, 0.05) is 17.8 Å². The van der Waals surface area contributed by atoms with Crippen molar-refractivity contribution in [2.45, 2.75) is 33.2 Å². The number of nitrogens with zero attached hydrogens (tertiary/aromatic N) is 4. The van der Waals surface area contributed by atoms with E-state index in [4.69, 9.17) is 9.84 Å². The molecule has 0 saturated carbocycles. The molecule has 0 radical (unpaired) electrons. The fourth-order valence-corrected chi connectivity index (χ4v) is 2.22. The summed E-state index contributed by atoms with van der Waals surface area (Å²) in [6.45, 7) is 6.04. The SMILES string of the molecule is COc1cc(C)nc(Cn2nnc(C(=O)O)c2C(C)C)c1. The van der Waals surface area contributed by atoms with Gasteiger partial charge >= 0.3 is 5.97 Å². The van der Waals surface area contributed by atoms with Crippen LogP contribution in [0.15, 0.2) is 12.1 Å². The van der Waals surface area contributed by atoms with Gasteiger partial charge in [-0.3, -0.25) is 4.98 Å². The van der Waals surface area contributed by atoms with Gasteiger partial charge in [0.25, 0.3) is 0 Å². The predicted octanol–water partition coefficient (Wildman–Crippen LogP) is 1.86. The fraction of sp³-hybridized carbons (Fsp3) is 0.429. The van der Waals surface area contributed by atoms with E-state index in [0.717, 1.165) is 11.4 Å². The minimum Gasteiger partial charge on any atom is -0.497 e. The van der Waals surface area contributed by atoms with Crippen molar-refractivity contribution in [1.29, 1.82) is 0 Å². The topological polar surface area (TPSA) is 90.1 Å². The Balaban J connectivity index is 2.40. The third-order valence-corrected chi connectivity index (χ3v) is 3.05. The summed E-state index contributed by atoms with van der Waals surface area (Å²) in [6, 6.07) is 3.64. The van der Waals surface area contributed by atoms with Crippen LogP contribution in [-0.4, -0.2) is 38.2 Å². The highest BCUT2D eigenvalue weighted by Gasteiger charge is 2.21. The smallest absolute Gasteiger partial charge is 0.358 e. The number of aromatic nitrogens is 4. The summed E-state index contributed by atoms with van der Waals surface area (Å²) < 4.78 is 6.79. The van der Waals surface area contributed by atoms with Crippen LogP contribution >= 0.6 is 0 Å². The van der Waals surface area contributed by atoms with Crippen molar-refractivity contribution in [2.75, 3.05) is 7.11 Å². The first-order chi connectivity index (χ1) is 9.92. The first-order valence-electron chi connectivity index (χ1n) is 6.60. The molecule has 0 saturated heterocycles. The molecule has 0 amide bonds. The second-order valence-corrected chi connectivity index (χ2v) is 5.08. The second kappa shape index (κ2) is 5.90. The van der Waals surface area contributed by atoms with Crippen LogP contribution in [0.25, 0.3) is 0 Å². The highest BCUT2D eigenvalue weighted by molar-refractivity contribution is 5.86. The normalized spacial score (nSPS) is 10.9. The van der Waals surface area contributed by atoms with E-state index in [1.54, 1.807) is 17.9 Å². The van der Waals surface area contributed by atoms with Crippen LogP contribution in [0, 0.1) is 6.92 Å². The van der Waals surface area contributed by atoms with Crippen molar-refractivity contribution in [3.8, 4) is 5.75 Å². The number of pyridine rings is 1. The first kappa shape index (κ1) is 15.0. The Labute approximate surface area is 122 Å². The Kier molecular flexibility index (Phi) is 4.21. The zero-order chi connectivity index (χ0) is 15.6. The van der Waals surface area contributed by atoms with Gasteiger partial charge in [-0.05, 0) is 12.8 Å². The molecule has 0 fully saturated rings. The van der Waals surface area contributed by atoms with Gasteiger partial charge in [0.05, 0.1) is 25.0 Å². The Morgan fingerprint density at radius 2 is 2.14 bits per heavy atom. The summed E-state index contributed by atoms with van der Waals surface area (Å²) in [5.74, 6) is -0.361. The van der Waals surface area contributed by atoms with E-state index in [1.807, 2.05) is 26.8 Å². The minimum absolute atomic E-state index is 0.00203. The van der Waals surface area contributed by atoms with E-state index in [-0.39, 0.29) is 11.6 Å². The number of rotatable bonds is 5. The molecule has 0 bridgehead atoms. The van der Waals surface area contributed by atoms with E-state index < -0.39 is 5.97 Å². The number of hydrogen-bond acceptors (Lipinski definition) is 5. The van der Waals surface area contributed by atoms with Crippen molar-refractivity contribution in [2.24, 2.45) is 0 Å². The van der Waals surface area contributed by atoms with Crippen molar-refractivity contribution in [1.82, 2.24) is 20.0 Å². The molecule has 0 aliphatic rings. The third-order valence-electron chi connectivity index (χ3n) is 3.05.